The van der Waals surface area contributed by atoms with Gasteiger partial charge in [-0.3, -0.25) is 4.90 Å². The van der Waals surface area contributed by atoms with Crippen LogP contribution in [0.4, 0.5) is 15.3 Å². The van der Waals surface area contributed by atoms with Crippen molar-refractivity contribution in [1.29, 1.82) is 0 Å². The third-order valence-corrected chi connectivity index (χ3v) is 8.83. The summed E-state index contributed by atoms with van der Waals surface area (Å²) in [7, 11) is 0. The summed E-state index contributed by atoms with van der Waals surface area (Å²) in [5.74, 6) is 0.0302. The molecule has 6 rings (SSSR count). The lowest BCUT2D eigenvalue weighted by molar-refractivity contribution is 0.185. The van der Waals surface area contributed by atoms with Gasteiger partial charge >= 0.3 is 12.1 Å². The van der Waals surface area contributed by atoms with Gasteiger partial charge in [0.15, 0.2) is 5.06 Å². The van der Waals surface area contributed by atoms with Crippen LogP contribution in [0.25, 0.3) is 0 Å². The first-order valence-electron chi connectivity index (χ1n) is 14.0. The van der Waals surface area contributed by atoms with E-state index < -0.39 is 6.09 Å². The van der Waals surface area contributed by atoms with E-state index >= 15 is 0 Å². The molecule has 0 unspecified atom stereocenters. The van der Waals surface area contributed by atoms with Crippen LogP contribution in [0, 0.1) is 0 Å². The molecule has 3 aliphatic rings. The van der Waals surface area contributed by atoms with E-state index in [1.807, 2.05) is 46.3 Å². The number of halogens is 1. The van der Waals surface area contributed by atoms with Gasteiger partial charge in [-0.15, -0.1) is 0 Å². The first-order chi connectivity index (χ1) is 19.9. The fourth-order valence-electron chi connectivity index (χ4n) is 5.71. The third kappa shape index (κ3) is 6.19. The van der Waals surface area contributed by atoms with Gasteiger partial charge in [0, 0.05) is 38.1 Å². The van der Waals surface area contributed by atoms with Crippen molar-refractivity contribution in [3.05, 3.63) is 75.8 Å². The molecule has 214 valence electrons. The van der Waals surface area contributed by atoms with Gasteiger partial charge < -0.3 is 24.2 Å². The summed E-state index contributed by atoms with van der Waals surface area (Å²) < 4.78 is 7.53. The van der Waals surface area contributed by atoms with Crippen molar-refractivity contribution in [3.63, 3.8) is 0 Å². The van der Waals surface area contributed by atoms with Crippen LogP contribution >= 0.6 is 22.9 Å². The predicted molar refractivity (Wildman–Crippen MR) is 161 cm³/mol. The molecule has 0 radical (unpaired) electrons. The highest BCUT2D eigenvalue weighted by Crippen LogP contribution is 2.32. The number of urea groups is 1. The predicted octanol–water partition coefficient (Wildman–Crippen LogP) is 5.79. The maximum atomic E-state index is 13.4. The number of thiophene rings is 1. The minimum absolute atomic E-state index is 0.0302. The Labute approximate surface area is 247 Å². The molecule has 3 aromatic rings. The van der Waals surface area contributed by atoms with E-state index in [2.05, 4.69) is 9.89 Å². The lowest BCUT2D eigenvalue weighted by Gasteiger charge is -2.36. The standard InChI is InChI=1S/C30H32ClN5O4S/c31-25-10-11-26(41-25)40-29(38)32-24-9-4-7-22-20-35(28(37)27(22)24)19-21-6-3-8-23(18-21)36-15-5-14-34(30(36)39)17-16-33-12-1-2-13-33/h3-4,6,8-11,18,20,37H,1-2,5,7,12-17,19H2. The van der Waals surface area contributed by atoms with Gasteiger partial charge in [-0.2, -0.15) is 4.99 Å². The van der Waals surface area contributed by atoms with Crippen molar-refractivity contribution in [2.24, 2.45) is 4.99 Å². The number of amides is 3. The molecule has 0 atom stereocenters. The second-order valence-electron chi connectivity index (χ2n) is 10.5. The van der Waals surface area contributed by atoms with Crippen LogP contribution in [0.3, 0.4) is 0 Å². The first kappa shape index (κ1) is 27.6. The molecule has 1 aromatic carbocycles. The van der Waals surface area contributed by atoms with Crippen molar-refractivity contribution in [2.75, 3.05) is 44.2 Å². The van der Waals surface area contributed by atoms with Gasteiger partial charge in [0.2, 0.25) is 5.88 Å². The Morgan fingerprint density at radius 1 is 1.07 bits per heavy atom. The molecule has 2 fully saturated rings. The molecule has 0 spiro atoms. The summed E-state index contributed by atoms with van der Waals surface area (Å²) in [6.07, 6.45) is 8.75. The molecule has 1 N–H and O–H groups in total. The lowest BCUT2D eigenvalue weighted by atomic mass is 10.00. The van der Waals surface area contributed by atoms with Gasteiger partial charge in [0.05, 0.1) is 22.2 Å². The zero-order chi connectivity index (χ0) is 28.3. The van der Waals surface area contributed by atoms with E-state index in [0.29, 0.717) is 40.2 Å². The van der Waals surface area contributed by atoms with Crippen LogP contribution in [0.2, 0.25) is 4.34 Å². The summed E-state index contributed by atoms with van der Waals surface area (Å²) in [5, 5.41) is 11.5. The van der Waals surface area contributed by atoms with E-state index in [0.717, 1.165) is 67.3 Å². The number of nitrogens with zero attached hydrogens (tertiary/aromatic N) is 5. The molecule has 0 bridgehead atoms. The average Bonchev–Trinajstić information content (AvgIpc) is 3.70. The fraction of sp³-hybridized carbons (Fsp3) is 0.367. The van der Waals surface area contributed by atoms with Gasteiger partial charge in [-0.25, -0.2) is 9.59 Å². The number of rotatable bonds is 7. The van der Waals surface area contributed by atoms with Crippen molar-refractivity contribution >= 4 is 46.5 Å². The SMILES string of the molecule is O=C(N=C1C=CCc2cn(Cc3cccc(N4CCCN(CCN5CCCC5)C4=O)c3)c(O)c21)Oc1ccc(Cl)s1. The van der Waals surface area contributed by atoms with E-state index in [-0.39, 0.29) is 11.9 Å². The molecule has 11 heteroatoms. The second-order valence-corrected chi connectivity index (χ2v) is 12.2. The van der Waals surface area contributed by atoms with Crippen LogP contribution in [0.15, 0.2) is 59.7 Å². The minimum Gasteiger partial charge on any atom is -0.494 e. The first-order valence-corrected chi connectivity index (χ1v) is 15.2. The summed E-state index contributed by atoms with van der Waals surface area (Å²) in [5.41, 5.74) is 3.54. The van der Waals surface area contributed by atoms with Crippen molar-refractivity contribution in [3.8, 4) is 10.9 Å². The topological polar surface area (TPSA) is 90.6 Å². The summed E-state index contributed by atoms with van der Waals surface area (Å²) >= 11 is 7.06. The van der Waals surface area contributed by atoms with E-state index in [1.54, 1.807) is 22.8 Å². The van der Waals surface area contributed by atoms with Crippen molar-refractivity contribution in [1.82, 2.24) is 14.4 Å². The highest BCUT2D eigenvalue weighted by molar-refractivity contribution is 7.17. The normalized spacial score (nSPS) is 18.4. The van der Waals surface area contributed by atoms with Gasteiger partial charge in [0.1, 0.15) is 0 Å². The lowest BCUT2D eigenvalue weighted by Crippen LogP contribution is -2.51. The second kappa shape index (κ2) is 12.1. The monoisotopic (exact) mass is 593 g/mol. The maximum Gasteiger partial charge on any atom is 0.440 e. The van der Waals surface area contributed by atoms with Gasteiger partial charge in [-0.1, -0.05) is 41.1 Å². The Balaban J connectivity index is 1.16. The molecule has 2 aromatic heterocycles. The number of hydrogen-bond acceptors (Lipinski definition) is 6. The molecule has 2 aliphatic heterocycles. The largest absolute Gasteiger partial charge is 0.494 e. The number of aromatic nitrogens is 1. The highest BCUT2D eigenvalue weighted by atomic mass is 35.5. The number of ether oxygens (including phenoxy) is 1. The number of aliphatic imine (C=N–C) groups is 1. The van der Waals surface area contributed by atoms with E-state index in [4.69, 9.17) is 16.3 Å². The number of hydrogen-bond donors (Lipinski definition) is 1. The molecular weight excluding hydrogens is 562 g/mol. The number of carbonyl (C=O) groups is 2. The Kier molecular flexibility index (Phi) is 8.13. The molecule has 41 heavy (non-hydrogen) atoms. The summed E-state index contributed by atoms with van der Waals surface area (Å²) in [4.78, 5) is 36.2. The molecule has 1 aliphatic carbocycles. The number of aromatic hydroxyl groups is 1. The molecular formula is C30H32ClN5O4S. The smallest absolute Gasteiger partial charge is 0.440 e. The quantitative estimate of drug-likeness (QED) is 0.375. The molecule has 3 amide bonds. The minimum atomic E-state index is -0.781. The Morgan fingerprint density at radius 2 is 1.93 bits per heavy atom. The van der Waals surface area contributed by atoms with Crippen LogP contribution < -0.4 is 9.64 Å². The van der Waals surface area contributed by atoms with E-state index in [1.165, 1.54) is 12.8 Å². The van der Waals surface area contributed by atoms with Crippen LogP contribution in [0.5, 0.6) is 10.9 Å². The van der Waals surface area contributed by atoms with E-state index in [9.17, 15) is 14.7 Å². The van der Waals surface area contributed by atoms with Crippen LogP contribution in [-0.4, -0.2) is 76.6 Å². The summed E-state index contributed by atoms with van der Waals surface area (Å²) in [6.45, 7) is 5.81. The third-order valence-electron chi connectivity index (χ3n) is 7.72. The van der Waals surface area contributed by atoms with Crippen LogP contribution in [0.1, 0.15) is 36.0 Å². The zero-order valence-electron chi connectivity index (χ0n) is 22.7. The molecule has 4 heterocycles. The number of likely N-dealkylation sites (tertiary alicyclic amines) is 1. The molecule has 0 saturated carbocycles. The molecule has 9 nitrogen and oxygen atoms in total. The fourth-order valence-corrected chi connectivity index (χ4v) is 6.57. The van der Waals surface area contributed by atoms with Crippen LogP contribution in [-0.2, 0) is 13.0 Å². The Hall–Kier alpha value is -3.60. The van der Waals surface area contributed by atoms with Gasteiger partial charge in [-0.05, 0) is 80.2 Å². The molecule has 2 saturated heterocycles. The number of benzene rings is 1. The number of fused-ring (bicyclic) bond motifs is 1. The Bertz CT molecular complexity index is 1510. The number of carbonyl (C=O) groups excluding carboxylic acids is 2. The van der Waals surface area contributed by atoms with Crippen molar-refractivity contribution < 1.29 is 19.4 Å². The van der Waals surface area contributed by atoms with Gasteiger partial charge in [0.25, 0.3) is 0 Å². The highest BCUT2D eigenvalue weighted by Gasteiger charge is 2.28. The van der Waals surface area contributed by atoms with Crippen molar-refractivity contribution in [2.45, 2.75) is 32.2 Å². The Morgan fingerprint density at radius 3 is 2.73 bits per heavy atom. The summed E-state index contributed by atoms with van der Waals surface area (Å²) in [6, 6.07) is 11.2. The number of allylic oxidation sites excluding steroid dienone is 2. The number of anilines is 1. The maximum absolute atomic E-state index is 13.4. The average molecular weight is 594 g/mol. The zero-order valence-corrected chi connectivity index (χ0v) is 24.2.